The first-order chi connectivity index (χ1) is 13.5. The van der Waals surface area contributed by atoms with Crippen LogP contribution in [0, 0.1) is 5.92 Å². The summed E-state index contributed by atoms with van der Waals surface area (Å²) in [4.78, 5) is 38.9. The summed E-state index contributed by atoms with van der Waals surface area (Å²) in [6.45, 7) is -0.205. The van der Waals surface area contributed by atoms with E-state index >= 15 is 0 Å². The fourth-order valence-electron chi connectivity index (χ4n) is 3.87. The van der Waals surface area contributed by atoms with Crippen LogP contribution in [0.3, 0.4) is 0 Å². The van der Waals surface area contributed by atoms with E-state index in [2.05, 4.69) is 15.6 Å². The number of amides is 2. The highest BCUT2D eigenvalue weighted by Gasteiger charge is 2.22. The van der Waals surface area contributed by atoms with Gasteiger partial charge in [-0.15, -0.1) is 0 Å². The van der Waals surface area contributed by atoms with Gasteiger partial charge >= 0.3 is 5.97 Å². The third kappa shape index (κ3) is 5.34. The predicted molar refractivity (Wildman–Crippen MR) is 106 cm³/mol. The molecule has 1 heterocycles. The van der Waals surface area contributed by atoms with Gasteiger partial charge in [0.25, 0.3) is 0 Å². The second kappa shape index (κ2) is 9.39. The number of carboxylic acid groups (broad SMARTS) is 1. The van der Waals surface area contributed by atoms with Gasteiger partial charge in [0.05, 0.1) is 6.54 Å². The molecule has 4 N–H and O–H groups in total. The van der Waals surface area contributed by atoms with E-state index in [9.17, 15) is 19.5 Å². The lowest BCUT2D eigenvalue weighted by molar-refractivity contribution is -0.141. The smallest absolute Gasteiger partial charge is 0.326 e. The van der Waals surface area contributed by atoms with Crippen LogP contribution >= 0.6 is 0 Å². The van der Waals surface area contributed by atoms with Crippen molar-refractivity contribution >= 4 is 28.7 Å². The molecule has 0 aliphatic heterocycles. The molecule has 1 aliphatic rings. The summed E-state index contributed by atoms with van der Waals surface area (Å²) >= 11 is 0. The zero-order valence-corrected chi connectivity index (χ0v) is 15.9. The summed E-state index contributed by atoms with van der Waals surface area (Å²) < 4.78 is 0. The standard InChI is InChI=1S/C21H27N3O4/c25-19(10-14-6-2-1-3-7-14)23-13-20(26)24-18(21(27)28)11-15-12-22-17-9-5-4-8-16(15)17/h4-5,8-9,12,14,18,22H,1-3,6-7,10-11,13H2,(H,23,25)(H,24,26)(H,27,28). The lowest BCUT2D eigenvalue weighted by Crippen LogP contribution is -2.46. The van der Waals surface area contributed by atoms with Gasteiger partial charge in [-0.05, 0) is 30.4 Å². The number of rotatable bonds is 8. The Morgan fingerprint density at radius 2 is 1.86 bits per heavy atom. The Hall–Kier alpha value is -2.83. The minimum absolute atomic E-state index is 0.148. The Kier molecular flexibility index (Phi) is 6.68. The molecule has 1 atom stereocenters. The maximum absolute atomic E-state index is 12.1. The maximum atomic E-state index is 12.1. The van der Waals surface area contributed by atoms with Crippen LogP contribution in [0.1, 0.15) is 44.1 Å². The van der Waals surface area contributed by atoms with Crippen molar-refractivity contribution in [3.8, 4) is 0 Å². The van der Waals surface area contributed by atoms with E-state index in [1.165, 1.54) is 6.42 Å². The van der Waals surface area contributed by atoms with Crippen molar-refractivity contribution in [2.45, 2.75) is 51.0 Å². The van der Waals surface area contributed by atoms with E-state index in [0.29, 0.717) is 12.3 Å². The van der Waals surface area contributed by atoms with E-state index < -0.39 is 17.9 Å². The van der Waals surface area contributed by atoms with Gasteiger partial charge in [-0.1, -0.05) is 37.5 Å². The van der Waals surface area contributed by atoms with E-state index in [1.807, 2.05) is 24.3 Å². The van der Waals surface area contributed by atoms with Crippen LogP contribution in [0.5, 0.6) is 0 Å². The Balaban J connectivity index is 1.50. The van der Waals surface area contributed by atoms with Crippen molar-refractivity contribution in [1.82, 2.24) is 15.6 Å². The number of fused-ring (bicyclic) bond motifs is 1. The van der Waals surface area contributed by atoms with Crippen LogP contribution in [-0.2, 0) is 20.8 Å². The van der Waals surface area contributed by atoms with Crippen molar-refractivity contribution in [3.05, 3.63) is 36.0 Å². The average Bonchev–Trinajstić information content (AvgIpc) is 3.09. The molecule has 7 nitrogen and oxygen atoms in total. The predicted octanol–water partition coefficient (Wildman–Crippen LogP) is 2.37. The SMILES string of the molecule is O=C(CC1CCCCC1)NCC(=O)NC(Cc1c[nH]c2ccccc12)C(=O)O. The number of para-hydroxylation sites is 1. The highest BCUT2D eigenvalue weighted by atomic mass is 16.4. The zero-order valence-electron chi connectivity index (χ0n) is 15.9. The van der Waals surface area contributed by atoms with Crippen LogP contribution < -0.4 is 10.6 Å². The first-order valence-electron chi connectivity index (χ1n) is 9.87. The first kappa shape index (κ1) is 19.9. The molecule has 150 valence electrons. The molecule has 1 saturated carbocycles. The highest BCUT2D eigenvalue weighted by Crippen LogP contribution is 2.26. The molecule has 1 aromatic heterocycles. The van der Waals surface area contributed by atoms with Gasteiger partial charge in [0, 0.05) is 29.9 Å². The number of aliphatic carboxylic acids is 1. The molecule has 28 heavy (non-hydrogen) atoms. The topological polar surface area (TPSA) is 111 Å². The first-order valence-corrected chi connectivity index (χ1v) is 9.87. The molecule has 7 heteroatoms. The zero-order chi connectivity index (χ0) is 19.9. The van der Waals surface area contributed by atoms with Crippen molar-refractivity contribution in [2.75, 3.05) is 6.54 Å². The number of aromatic amines is 1. The largest absolute Gasteiger partial charge is 0.480 e. The van der Waals surface area contributed by atoms with Crippen molar-refractivity contribution in [1.29, 1.82) is 0 Å². The number of hydrogen-bond acceptors (Lipinski definition) is 3. The number of benzene rings is 1. The van der Waals surface area contributed by atoms with E-state index in [-0.39, 0.29) is 18.9 Å². The fraction of sp³-hybridized carbons (Fsp3) is 0.476. The summed E-state index contributed by atoms with van der Waals surface area (Å²) in [5.41, 5.74) is 1.74. The molecule has 0 saturated heterocycles. The fourth-order valence-corrected chi connectivity index (χ4v) is 3.87. The summed E-state index contributed by atoms with van der Waals surface area (Å²) in [5.74, 6) is -1.35. The lowest BCUT2D eigenvalue weighted by atomic mass is 9.87. The second-order valence-electron chi connectivity index (χ2n) is 7.51. The third-order valence-corrected chi connectivity index (χ3v) is 5.38. The molecule has 0 radical (unpaired) electrons. The molecule has 2 amide bonds. The van der Waals surface area contributed by atoms with Crippen molar-refractivity contribution in [3.63, 3.8) is 0 Å². The quantitative estimate of drug-likeness (QED) is 0.559. The molecular formula is C21H27N3O4. The number of carbonyl (C=O) groups excluding carboxylic acids is 2. The lowest BCUT2D eigenvalue weighted by Gasteiger charge is -2.21. The summed E-state index contributed by atoms with van der Waals surface area (Å²) in [5, 5.41) is 15.5. The van der Waals surface area contributed by atoms with Crippen LogP contribution in [-0.4, -0.2) is 40.5 Å². The molecule has 1 aromatic carbocycles. The maximum Gasteiger partial charge on any atom is 0.326 e. The highest BCUT2D eigenvalue weighted by molar-refractivity contribution is 5.89. The van der Waals surface area contributed by atoms with Gasteiger partial charge in [0.2, 0.25) is 11.8 Å². The monoisotopic (exact) mass is 385 g/mol. The van der Waals surface area contributed by atoms with Crippen LogP contribution in [0.15, 0.2) is 30.5 Å². The number of aromatic nitrogens is 1. The second-order valence-corrected chi connectivity index (χ2v) is 7.51. The Bertz CT molecular complexity index is 839. The number of hydrogen-bond donors (Lipinski definition) is 4. The number of nitrogens with one attached hydrogen (secondary N) is 3. The normalized spacial score (nSPS) is 15.9. The number of carboxylic acids is 1. The summed E-state index contributed by atoms with van der Waals surface area (Å²) in [7, 11) is 0. The van der Waals surface area contributed by atoms with Gasteiger partial charge in [-0.25, -0.2) is 4.79 Å². The van der Waals surface area contributed by atoms with Gasteiger partial charge in [0.15, 0.2) is 0 Å². The van der Waals surface area contributed by atoms with Gasteiger partial charge in [-0.2, -0.15) is 0 Å². The number of H-pyrrole nitrogens is 1. The van der Waals surface area contributed by atoms with Gasteiger partial charge < -0.3 is 20.7 Å². The van der Waals surface area contributed by atoms with E-state index in [1.54, 1.807) is 6.20 Å². The summed E-state index contributed by atoms with van der Waals surface area (Å²) in [6, 6.07) is 6.55. The van der Waals surface area contributed by atoms with Gasteiger partial charge in [-0.3, -0.25) is 9.59 Å². The third-order valence-electron chi connectivity index (χ3n) is 5.38. The van der Waals surface area contributed by atoms with Crippen LogP contribution in [0.2, 0.25) is 0 Å². The Morgan fingerprint density at radius 3 is 2.61 bits per heavy atom. The van der Waals surface area contributed by atoms with E-state index in [0.717, 1.165) is 42.1 Å². The Labute approximate surface area is 163 Å². The van der Waals surface area contributed by atoms with E-state index in [4.69, 9.17) is 0 Å². The summed E-state index contributed by atoms with van der Waals surface area (Å²) in [6.07, 6.45) is 8.04. The minimum atomic E-state index is -1.10. The number of carbonyl (C=O) groups is 3. The molecular weight excluding hydrogens is 358 g/mol. The van der Waals surface area contributed by atoms with Crippen molar-refractivity contribution in [2.24, 2.45) is 5.92 Å². The Morgan fingerprint density at radius 1 is 1.11 bits per heavy atom. The minimum Gasteiger partial charge on any atom is -0.480 e. The van der Waals surface area contributed by atoms with Gasteiger partial charge in [0.1, 0.15) is 6.04 Å². The molecule has 3 rings (SSSR count). The molecule has 2 aromatic rings. The molecule has 0 bridgehead atoms. The van der Waals surface area contributed by atoms with Crippen LogP contribution in [0.25, 0.3) is 10.9 Å². The molecule has 0 spiro atoms. The molecule has 1 fully saturated rings. The molecule has 1 unspecified atom stereocenters. The average molecular weight is 385 g/mol. The van der Waals surface area contributed by atoms with Crippen molar-refractivity contribution < 1.29 is 19.5 Å². The van der Waals surface area contributed by atoms with Crippen LogP contribution in [0.4, 0.5) is 0 Å². The molecule has 1 aliphatic carbocycles.